The number of aliphatic carboxylic acids is 1. The second-order valence-corrected chi connectivity index (χ2v) is 11.4. The van der Waals surface area contributed by atoms with Crippen molar-refractivity contribution in [2.24, 2.45) is 11.8 Å². The molecule has 2 aromatic carbocycles. The fourth-order valence-corrected chi connectivity index (χ4v) is 5.03. The molecule has 3 rings (SSSR count). The minimum atomic E-state index is -0.724. The summed E-state index contributed by atoms with van der Waals surface area (Å²) in [6.45, 7) is 10.2. The van der Waals surface area contributed by atoms with Crippen molar-refractivity contribution in [3.63, 3.8) is 0 Å². The van der Waals surface area contributed by atoms with Crippen molar-refractivity contribution in [3.05, 3.63) is 59.2 Å². The molecule has 2 aromatic rings. The molecule has 1 fully saturated rings. The van der Waals surface area contributed by atoms with Gasteiger partial charge in [0.15, 0.2) is 0 Å². The van der Waals surface area contributed by atoms with Crippen molar-refractivity contribution in [2.75, 3.05) is 25.6 Å². The Morgan fingerprint density at radius 3 is 2.62 bits per heavy atom. The van der Waals surface area contributed by atoms with Gasteiger partial charge in [0.25, 0.3) is 0 Å². The SMILES string of the molecule is CCCC(CCNc1cc(C)ccc1CCC(C)(C)OC)COc1cccc(C(CC(=O)O)C2CC2)c1. The molecule has 0 aliphatic heterocycles. The molecule has 204 valence electrons. The van der Waals surface area contributed by atoms with E-state index in [2.05, 4.69) is 63.3 Å². The van der Waals surface area contributed by atoms with Crippen LogP contribution in [0.4, 0.5) is 5.69 Å². The number of carboxylic acids is 1. The van der Waals surface area contributed by atoms with Crippen LogP contribution >= 0.6 is 0 Å². The number of hydrogen-bond donors (Lipinski definition) is 2. The van der Waals surface area contributed by atoms with Crippen molar-refractivity contribution in [1.29, 1.82) is 0 Å². The number of benzene rings is 2. The Labute approximate surface area is 224 Å². The first kappa shape index (κ1) is 29.0. The van der Waals surface area contributed by atoms with Gasteiger partial charge in [0, 0.05) is 19.3 Å². The van der Waals surface area contributed by atoms with E-state index < -0.39 is 5.97 Å². The quantitative estimate of drug-likeness (QED) is 0.230. The molecular formula is C32H47NO4. The van der Waals surface area contributed by atoms with Crippen LogP contribution in [0.1, 0.15) is 88.3 Å². The predicted molar refractivity (Wildman–Crippen MR) is 152 cm³/mol. The first-order valence-corrected chi connectivity index (χ1v) is 14.0. The highest BCUT2D eigenvalue weighted by atomic mass is 16.5. The Bertz CT molecular complexity index is 998. The Morgan fingerprint density at radius 2 is 1.95 bits per heavy atom. The number of aryl methyl sites for hydroxylation is 2. The molecule has 5 nitrogen and oxygen atoms in total. The Balaban J connectivity index is 1.56. The normalized spacial score (nSPS) is 15.3. The third kappa shape index (κ3) is 9.70. The van der Waals surface area contributed by atoms with E-state index >= 15 is 0 Å². The van der Waals surface area contributed by atoms with Gasteiger partial charge in [-0.2, -0.15) is 0 Å². The smallest absolute Gasteiger partial charge is 0.303 e. The van der Waals surface area contributed by atoms with Gasteiger partial charge in [-0.1, -0.05) is 37.6 Å². The number of carbonyl (C=O) groups is 1. The zero-order valence-corrected chi connectivity index (χ0v) is 23.5. The Hall–Kier alpha value is -2.53. The standard InChI is InChI=1S/C32H47NO4/c1-6-8-24(16-18-33-30-19-23(2)11-12-26(30)15-17-32(3,4)36-5)22-37-28-10-7-9-27(20-28)29(21-31(34)35)25-13-14-25/h7,9-12,19-20,24-25,29,33H,6,8,13-18,21-22H2,1-5H3,(H,34,35). The lowest BCUT2D eigenvalue weighted by molar-refractivity contribution is -0.137. The van der Waals surface area contributed by atoms with E-state index in [0.29, 0.717) is 18.4 Å². The van der Waals surface area contributed by atoms with Crippen LogP contribution in [0.2, 0.25) is 0 Å². The summed E-state index contributed by atoms with van der Waals surface area (Å²) >= 11 is 0. The summed E-state index contributed by atoms with van der Waals surface area (Å²) in [6, 6.07) is 14.8. The first-order chi connectivity index (χ1) is 17.7. The fraction of sp³-hybridized carbons (Fsp3) is 0.594. The molecule has 1 saturated carbocycles. The van der Waals surface area contributed by atoms with Gasteiger partial charge < -0.3 is 19.9 Å². The molecule has 0 heterocycles. The summed E-state index contributed by atoms with van der Waals surface area (Å²) in [5, 5.41) is 13.1. The van der Waals surface area contributed by atoms with Gasteiger partial charge in [-0.3, -0.25) is 4.79 Å². The van der Waals surface area contributed by atoms with Crippen LogP contribution in [0.15, 0.2) is 42.5 Å². The van der Waals surface area contributed by atoms with Gasteiger partial charge in [-0.25, -0.2) is 0 Å². The zero-order chi connectivity index (χ0) is 26.8. The number of hydrogen-bond acceptors (Lipinski definition) is 4. The minimum Gasteiger partial charge on any atom is -0.493 e. The van der Waals surface area contributed by atoms with E-state index in [9.17, 15) is 9.90 Å². The minimum absolute atomic E-state index is 0.0923. The average Bonchev–Trinajstić information content (AvgIpc) is 3.71. The van der Waals surface area contributed by atoms with Crippen molar-refractivity contribution >= 4 is 11.7 Å². The van der Waals surface area contributed by atoms with Crippen LogP contribution in [0.25, 0.3) is 0 Å². The number of carboxylic acid groups (broad SMARTS) is 1. The third-order valence-corrected chi connectivity index (χ3v) is 7.74. The molecule has 5 heteroatoms. The predicted octanol–water partition coefficient (Wildman–Crippen LogP) is 7.62. The molecule has 0 saturated heterocycles. The van der Waals surface area contributed by atoms with Gasteiger partial charge >= 0.3 is 5.97 Å². The summed E-state index contributed by atoms with van der Waals surface area (Å²) in [5.74, 6) is 1.18. The van der Waals surface area contributed by atoms with Crippen LogP contribution in [-0.4, -0.2) is 36.9 Å². The molecule has 0 bridgehead atoms. The molecule has 2 atom stereocenters. The van der Waals surface area contributed by atoms with Crippen LogP contribution in [0, 0.1) is 18.8 Å². The van der Waals surface area contributed by atoms with E-state index in [0.717, 1.165) is 62.8 Å². The van der Waals surface area contributed by atoms with Crippen LogP contribution in [-0.2, 0) is 16.0 Å². The monoisotopic (exact) mass is 509 g/mol. The van der Waals surface area contributed by atoms with E-state index in [4.69, 9.17) is 9.47 Å². The molecule has 2 unspecified atom stereocenters. The second-order valence-electron chi connectivity index (χ2n) is 11.4. The maximum Gasteiger partial charge on any atom is 0.303 e. The third-order valence-electron chi connectivity index (χ3n) is 7.74. The number of ether oxygens (including phenoxy) is 2. The Kier molecular flexibility index (Phi) is 10.9. The largest absolute Gasteiger partial charge is 0.493 e. The molecule has 0 aromatic heterocycles. The lowest BCUT2D eigenvalue weighted by atomic mass is 9.91. The highest BCUT2D eigenvalue weighted by molar-refractivity contribution is 5.68. The van der Waals surface area contributed by atoms with Crippen molar-refractivity contribution in [1.82, 2.24) is 0 Å². The summed E-state index contributed by atoms with van der Waals surface area (Å²) in [7, 11) is 1.78. The lowest BCUT2D eigenvalue weighted by Crippen LogP contribution is -2.23. The van der Waals surface area contributed by atoms with Gasteiger partial charge in [-0.05, 0) is 112 Å². The number of methoxy groups -OCH3 is 1. The van der Waals surface area contributed by atoms with Crippen molar-refractivity contribution < 1.29 is 19.4 Å². The number of nitrogens with one attached hydrogen (secondary N) is 1. The molecule has 1 aliphatic rings. The van der Waals surface area contributed by atoms with Gasteiger partial charge in [0.1, 0.15) is 5.75 Å². The van der Waals surface area contributed by atoms with Gasteiger partial charge in [0.2, 0.25) is 0 Å². The van der Waals surface area contributed by atoms with Gasteiger partial charge in [-0.15, -0.1) is 0 Å². The molecule has 0 spiro atoms. The summed E-state index contributed by atoms with van der Waals surface area (Å²) < 4.78 is 11.9. The number of anilines is 1. The van der Waals surface area contributed by atoms with E-state index in [1.165, 1.54) is 16.8 Å². The summed E-state index contributed by atoms with van der Waals surface area (Å²) in [4.78, 5) is 11.4. The van der Waals surface area contributed by atoms with Gasteiger partial charge in [0.05, 0.1) is 18.6 Å². The molecular weight excluding hydrogens is 462 g/mol. The van der Waals surface area contributed by atoms with E-state index in [-0.39, 0.29) is 17.9 Å². The van der Waals surface area contributed by atoms with E-state index in [1.54, 1.807) is 7.11 Å². The molecule has 37 heavy (non-hydrogen) atoms. The zero-order valence-electron chi connectivity index (χ0n) is 23.5. The molecule has 1 aliphatic carbocycles. The van der Waals surface area contributed by atoms with Crippen molar-refractivity contribution in [2.45, 2.75) is 90.6 Å². The topological polar surface area (TPSA) is 67.8 Å². The van der Waals surface area contributed by atoms with E-state index in [1.807, 2.05) is 12.1 Å². The molecule has 0 radical (unpaired) electrons. The van der Waals surface area contributed by atoms with Crippen LogP contribution in [0.3, 0.4) is 0 Å². The molecule has 2 N–H and O–H groups in total. The Morgan fingerprint density at radius 1 is 1.16 bits per heavy atom. The lowest BCUT2D eigenvalue weighted by Gasteiger charge is -2.24. The summed E-state index contributed by atoms with van der Waals surface area (Å²) in [6.07, 6.45) is 7.68. The maximum absolute atomic E-state index is 11.4. The fourth-order valence-electron chi connectivity index (χ4n) is 5.03. The van der Waals surface area contributed by atoms with Crippen LogP contribution in [0.5, 0.6) is 5.75 Å². The maximum atomic E-state index is 11.4. The number of rotatable bonds is 17. The second kappa shape index (κ2) is 13.9. The molecule has 0 amide bonds. The van der Waals surface area contributed by atoms with Crippen LogP contribution < -0.4 is 10.1 Å². The summed E-state index contributed by atoms with van der Waals surface area (Å²) in [5.41, 5.74) is 4.79. The highest BCUT2D eigenvalue weighted by Gasteiger charge is 2.33. The average molecular weight is 510 g/mol. The first-order valence-electron chi connectivity index (χ1n) is 14.0. The highest BCUT2D eigenvalue weighted by Crippen LogP contribution is 2.45. The van der Waals surface area contributed by atoms with Crippen molar-refractivity contribution in [3.8, 4) is 5.75 Å².